The number of hydrogen-bond donors (Lipinski definition) is 1. The third-order valence-electron chi connectivity index (χ3n) is 6.50. The number of fused-ring (bicyclic) bond motifs is 2. The molecule has 5 rings (SSSR count). The molecule has 2 aromatic rings. The van der Waals surface area contributed by atoms with Crippen LogP contribution in [-0.2, 0) is 4.74 Å². The maximum absolute atomic E-state index is 12.8. The van der Waals surface area contributed by atoms with Crippen molar-refractivity contribution in [2.24, 2.45) is 17.8 Å². The quantitative estimate of drug-likeness (QED) is 0.911. The largest absolute Gasteiger partial charge is 0.377 e. The van der Waals surface area contributed by atoms with Crippen molar-refractivity contribution in [2.45, 2.75) is 58.1 Å². The predicted octanol–water partition coefficient (Wildman–Crippen LogP) is 2.06. The monoisotopic (exact) mass is 355 g/mol. The topological polar surface area (TPSA) is 81.4 Å². The summed E-state index contributed by atoms with van der Waals surface area (Å²) in [6.07, 6.45) is 6.51. The number of aryl methyl sites for hydroxylation is 2. The minimum Gasteiger partial charge on any atom is -0.377 e. The normalized spacial score (nSPS) is 31.2. The molecule has 7 nitrogen and oxygen atoms in total. The lowest BCUT2D eigenvalue weighted by molar-refractivity contribution is -0.0785. The number of amides is 1. The maximum atomic E-state index is 12.8. The number of nitrogens with zero attached hydrogens (tertiary/aromatic N) is 4. The molecule has 1 saturated heterocycles. The lowest BCUT2D eigenvalue weighted by Gasteiger charge is -2.50. The molecule has 0 spiro atoms. The van der Waals surface area contributed by atoms with E-state index < -0.39 is 0 Å². The van der Waals surface area contributed by atoms with Crippen molar-refractivity contribution in [3.05, 3.63) is 23.3 Å². The summed E-state index contributed by atoms with van der Waals surface area (Å²) >= 11 is 0. The molecule has 2 aliphatic carbocycles. The highest BCUT2D eigenvalue weighted by Gasteiger charge is 2.57. The van der Waals surface area contributed by atoms with E-state index in [0.29, 0.717) is 29.6 Å². The first-order valence-electron chi connectivity index (χ1n) is 9.75. The van der Waals surface area contributed by atoms with Crippen molar-refractivity contribution >= 4 is 11.7 Å². The molecule has 138 valence electrons. The Morgan fingerprint density at radius 2 is 2.04 bits per heavy atom. The van der Waals surface area contributed by atoms with E-state index in [-0.39, 0.29) is 17.8 Å². The Morgan fingerprint density at radius 3 is 2.85 bits per heavy atom. The van der Waals surface area contributed by atoms with E-state index in [1.54, 1.807) is 4.52 Å². The highest BCUT2D eigenvalue weighted by Crippen LogP contribution is 2.51. The van der Waals surface area contributed by atoms with E-state index in [2.05, 4.69) is 20.4 Å². The Kier molecular flexibility index (Phi) is 3.74. The second kappa shape index (κ2) is 6.01. The number of aromatic nitrogens is 4. The van der Waals surface area contributed by atoms with Crippen LogP contribution in [0, 0.1) is 31.6 Å². The Balaban J connectivity index is 1.38. The van der Waals surface area contributed by atoms with Crippen molar-refractivity contribution in [1.82, 2.24) is 24.9 Å². The number of hydrogen-bond acceptors (Lipinski definition) is 5. The van der Waals surface area contributed by atoms with E-state index in [1.807, 2.05) is 19.9 Å². The molecule has 3 fully saturated rings. The highest BCUT2D eigenvalue weighted by molar-refractivity contribution is 5.91. The van der Waals surface area contributed by atoms with Gasteiger partial charge in [-0.2, -0.15) is 4.98 Å². The molecule has 0 bridgehead atoms. The molecule has 26 heavy (non-hydrogen) atoms. The van der Waals surface area contributed by atoms with Crippen LogP contribution in [0.25, 0.3) is 5.78 Å². The van der Waals surface area contributed by atoms with E-state index >= 15 is 0 Å². The van der Waals surface area contributed by atoms with Gasteiger partial charge in [0.25, 0.3) is 11.7 Å². The van der Waals surface area contributed by atoms with Gasteiger partial charge in [0, 0.05) is 35.9 Å². The zero-order chi connectivity index (χ0) is 17.8. The van der Waals surface area contributed by atoms with Crippen molar-refractivity contribution in [1.29, 1.82) is 0 Å². The summed E-state index contributed by atoms with van der Waals surface area (Å²) in [5.41, 5.74) is 1.80. The molecular weight excluding hydrogens is 330 g/mol. The van der Waals surface area contributed by atoms with Gasteiger partial charge < -0.3 is 10.1 Å². The fourth-order valence-corrected chi connectivity index (χ4v) is 5.34. The first kappa shape index (κ1) is 16.2. The lowest BCUT2D eigenvalue weighted by Crippen LogP contribution is -2.63. The van der Waals surface area contributed by atoms with Gasteiger partial charge in [-0.3, -0.25) is 4.79 Å². The molecule has 0 unspecified atom stereocenters. The summed E-state index contributed by atoms with van der Waals surface area (Å²) in [5, 5.41) is 7.61. The lowest BCUT2D eigenvalue weighted by atomic mass is 9.61. The van der Waals surface area contributed by atoms with Gasteiger partial charge in [-0.05, 0) is 32.3 Å². The third kappa shape index (κ3) is 2.44. The average Bonchev–Trinajstić information content (AvgIpc) is 3.32. The van der Waals surface area contributed by atoms with E-state index in [1.165, 1.54) is 25.7 Å². The van der Waals surface area contributed by atoms with Crippen molar-refractivity contribution < 1.29 is 9.53 Å². The molecule has 1 N–H and O–H groups in total. The molecule has 2 saturated carbocycles. The fraction of sp³-hybridized carbons (Fsp3) is 0.684. The van der Waals surface area contributed by atoms with Gasteiger partial charge in [0.2, 0.25) is 5.82 Å². The van der Waals surface area contributed by atoms with Crippen LogP contribution >= 0.6 is 0 Å². The molecule has 3 heterocycles. The number of rotatable bonds is 3. The van der Waals surface area contributed by atoms with Gasteiger partial charge in [0.1, 0.15) is 0 Å². The zero-order valence-electron chi connectivity index (χ0n) is 15.3. The van der Waals surface area contributed by atoms with Crippen LogP contribution in [0.4, 0.5) is 0 Å². The van der Waals surface area contributed by atoms with E-state index in [0.717, 1.165) is 24.4 Å². The van der Waals surface area contributed by atoms with E-state index in [9.17, 15) is 4.79 Å². The average molecular weight is 355 g/mol. The first-order chi connectivity index (χ1) is 12.6. The minimum absolute atomic E-state index is 0.189. The Hall–Kier alpha value is -2.02. The summed E-state index contributed by atoms with van der Waals surface area (Å²) in [5.74, 6) is 2.08. The summed E-state index contributed by atoms with van der Waals surface area (Å²) < 4.78 is 7.61. The van der Waals surface area contributed by atoms with Crippen LogP contribution in [0.1, 0.15) is 54.1 Å². The number of carbonyl (C=O) groups is 1. The number of carbonyl (C=O) groups excluding carboxylic acids is 1. The zero-order valence-corrected chi connectivity index (χ0v) is 15.3. The van der Waals surface area contributed by atoms with Gasteiger partial charge in [0.05, 0.1) is 6.10 Å². The number of nitrogens with one attached hydrogen (secondary N) is 1. The maximum Gasteiger partial charge on any atom is 0.291 e. The molecule has 0 radical (unpaired) electrons. The van der Waals surface area contributed by atoms with E-state index in [4.69, 9.17) is 4.74 Å². The molecule has 0 aromatic carbocycles. The summed E-state index contributed by atoms with van der Waals surface area (Å²) in [6, 6.07) is 2.13. The minimum atomic E-state index is -0.189. The number of ether oxygens (including phenoxy) is 1. The molecule has 7 heteroatoms. The molecule has 2 aromatic heterocycles. The Labute approximate surface area is 152 Å². The van der Waals surface area contributed by atoms with Crippen LogP contribution in [0.5, 0.6) is 0 Å². The van der Waals surface area contributed by atoms with Gasteiger partial charge >= 0.3 is 0 Å². The molecule has 1 aliphatic heterocycles. The van der Waals surface area contributed by atoms with Crippen LogP contribution < -0.4 is 5.32 Å². The van der Waals surface area contributed by atoms with Crippen molar-refractivity contribution in [2.75, 3.05) is 6.61 Å². The smallest absolute Gasteiger partial charge is 0.291 e. The van der Waals surface area contributed by atoms with Crippen molar-refractivity contribution in [3.63, 3.8) is 0 Å². The van der Waals surface area contributed by atoms with Gasteiger partial charge in [-0.15, -0.1) is 5.10 Å². The SMILES string of the molecule is Cc1cc(C)n2nc(C(=O)N[C@@H]3[C@@H]4CCO[C@@H]4[C@@H]3C3CCCC3)nc2n1. The van der Waals surface area contributed by atoms with Crippen LogP contribution in [0.15, 0.2) is 6.07 Å². The third-order valence-corrected chi connectivity index (χ3v) is 6.50. The van der Waals surface area contributed by atoms with Gasteiger partial charge in [-0.1, -0.05) is 25.7 Å². The second-order valence-corrected chi connectivity index (χ2v) is 8.10. The second-order valence-electron chi connectivity index (χ2n) is 8.10. The first-order valence-corrected chi connectivity index (χ1v) is 9.75. The summed E-state index contributed by atoms with van der Waals surface area (Å²) in [7, 11) is 0. The standard InChI is InChI=1S/C19H25N5O2/c1-10-9-11(2)24-19(20-10)22-17(23-24)18(25)21-15-13-7-8-26-16(13)14(15)12-5-3-4-6-12/h9,12-16H,3-8H2,1-2H3,(H,21,25)/t13-,14+,15+,16-/m0/s1. The van der Waals surface area contributed by atoms with Crippen molar-refractivity contribution in [3.8, 4) is 0 Å². The molecule has 1 amide bonds. The summed E-state index contributed by atoms with van der Waals surface area (Å²) in [6.45, 7) is 4.68. The summed E-state index contributed by atoms with van der Waals surface area (Å²) in [4.78, 5) is 21.6. The van der Waals surface area contributed by atoms with Gasteiger partial charge in [0.15, 0.2) is 0 Å². The Bertz CT molecular complexity index is 852. The van der Waals surface area contributed by atoms with Crippen LogP contribution in [0.3, 0.4) is 0 Å². The molecule has 3 aliphatic rings. The predicted molar refractivity (Wildman–Crippen MR) is 94.8 cm³/mol. The van der Waals surface area contributed by atoms with Crippen LogP contribution in [0.2, 0.25) is 0 Å². The Morgan fingerprint density at radius 1 is 1.23 bits per heavy atom. The highest BCUT2D eigenvalue weighted by atomic mass is 16.5. The molecular formula is C19H25N5O2. The molecule has 4 atom stereocenters. The van der Waals surface area contributed by atoms with Crippen LogP contribution in [-0.4, -0.2) is 44.2 Å². The fourth-order valence-electron chi connectivity index (χ4n) is 5.34. The van der Waals surface area contributed by atoms with Gasteiger partial charge in [-0.25, -0.2) is 9.50 Å².